The van der Waals surface area contributed by atoms with E-state index in [0.29, 0.717) is 0 Å². The summed E-state index contributed by atoms with van der Waals surface area (Å²) in [4.78, 5) is 0. The molecule has 0 heterocycles. The predicted molar refractivity (Wildman–Crippen MR) is 54.4 cm³/mol. The molecular formula is C11H10ClN. The summed E-state index contributed by atoms with van der Waals surface area (Å²) in [7, 11) is 0. The number of nitriles is 1. The zero-order valence-electron chi connectivity index (χ0n) is 7.37. The summed E-state index contributed by atoms with van der Waals surface area (Å²) in [5, 5.41) is 9.01. The van der Waals surface area contributed by atoms with Crippen molar-refractivity contribution in [3.8, 4) is 6.07 Å². The van der Waals surface area contributed by atoms with Crippen molar-refractivity contribution in [2.24, 2.45) is 0 Å². The van der Waals surface area contributed by atoms with Crippen LogP contribution in [-0.2, 0) is 5.41 Å². The van der Waals surface area contributed by atoms with Gasteiger partial charge in [-0.2, -0.15) is 5.26 Å². The normalized spacial score (nSPS) is 15.2. The summed E-state index contributed by atoms with van der Waals surface area (Å²) in [5.41, 5.74) is 1.72. The van der Waals surface area contributed by atoms with Gasteiger partial charge >= 0.3 is 0 Å². The van der Waals surface area contributed by atoms with E-state index in [2.05, 4.69) is 6.07 Å². The highest BCUT2D eigenvalue weighted by atomic mass is 35.5. The number of halogens is 1. The standard InChI is InChI=1S/C11H10ClN/c1-11(9-13,7-8-12)10-5-3-2-4-6-10/h2-8H,1H3/b8-7+. The van der Waals surface area contributed by atoms with Crippen LogP contribution in [-0.4, -0.2) is 0 Å². The van der Waals surface area contributed by atoms with Gasteiger partial charge in [0.25, 0.3) is 0 Å². The summed E-state index contributed by atoms with van der Waals surface area (Å²) >= 11 is 5.48. The Hall–Kier alpha value is -1.26. The van der Waals surface area contributed by atoms with Gasteiger partial charge in [-0.3, -0.25) is 0 Å². The van der Waals surface area contributed by atoms with Gasteiger partial charge in [0, 0.05) is 5.54 Å². The van der Waals surface area contributed by atoms with E-state index in [1.54, 1.807) is 6.08 Å². The van der Waals surface area contributed by atoms with Gasteiger partial charge in [-0.1, -0.05) is 41.9 Å². The van der Waals surface area contributed by atoms with Crippen LogP contribution in [0.4, 0.5) is 0 Å². The van der Waals surface area contributed by atoms with Gasteiger partial charge in [0.1, 0.15) is 0 Å². The molecule has 0 aliphatic heterocycles. The molecule has 66 valence electrons. The van der Waals surface area contributed by atoms with Crippen molar-refractivity contribution in [1.29, 1.82) is 5.26 Å². The fourth-order valence-electron chi connectivity index (χ4n) is 1.11. The van der Waals surface area contributed by atoms with E-state index in [9.17, 15) is 0 Å². The van der Waals surface area contributed by atoms with E-state index in [1.165, 1.54) is 5.54 Å². The first-order valence-electron chi connectivity index (χ1n) is 3.97. The Morgan fingerprint density at radius 3 is 2.46 bits per heavy atom. The van der Waals surface area contributed by atoms with Crippen molar-refractivity contribution in [1.82, 2.24) is 0 Å². The van der Waals surface area contributed by atoms with Crippen molar-refractivity contribution in [3.05, 3.63) is 47.5 Å². The van der Waals surface area contributed by atoms with Gasteiger partial charge in [0.2, 0.25) is 0 Å². The Balaban J connectivity index is 3.12. The van der Waals surface area contributed by atoms with Gasteiger partial charge in [-0.15, -0.1) is 0 Å². The van der Waals surface area contributed by atoms with Crippen molar-refractivity contribution >= 4 is 11.6 Å². The first-order chi connectivity index (χ1) is 6.23. The molecule has 1 rings (SSSR count). The molecule has 0 bridgehead atoms. The molecule has 0 fully saturated rings. The maximum Gasteiger partial charge on any atom is 0.0985 e. The fraction of sp³-hybridized carbons (Fsp3) is 0.182. The molecule has 13 heavy (non-hydrogen) atoms. The topological polar surface area (TPSA) is 23.8 Å². The highest BCUT2D eigenvalue weighted by Crippen LogP contribution is 2.24. The Bertz CT molecular complexity index is 337. The number of allylic oxidation sites excluding steroid dienone is 1. The van der Waals surface area contributed by atoms with Crippen LogP contribution in [0.25, 0.3) is 0 Å². The Kier molecular flexibility index (Phi) is 3.11. The minimum Gasteiger partial charge on any atom is -0.197 e. The van der Waals surface area contributed by atoms with Gasteiger partial charge in [0.05, 0.1) is 11.5 Å². The number of nitrogens with zero attached hydrogens (tertiary/aromatic N) is 1. The van der Waals surface area contributed by atoms with Crippen molar-refractivity contribution in [3.63, 3.8) is 0 Å². The Morgan fingerprint density at radius 1 is 1.38 bits per heavy atom. The van der Waals surface area contributed by atoms with E-state index >= 15 is 0 Å². The smallest absolute Gasteiger partial charge is 0.0985 e. The fourth-order valence-corrected chi connectivity index (χ4v) is 1.36. The van der Waals surface area contributed by atoms with E-state index < -0.39 is 5.41 Å². The lowest BCUT2D eigenvalue weighted by molar-refractivity contribution is 0.776. The number of hydrogen-bond donors (Lipinski definition) is 0. The lowest BCUT2D eigenvalue weighted by atomic mass is 9.84. The third-order valence-corrected chi connectivity index (χ3v) is 2.13. The Labute approximate surface area is 83.3 Å². The molecule has 0 spiro atoms. The Morgan fingerprint density at radius 2 is 2.00 bits per heavy atom. The molecule has 0 aliphatic rings. The summed E-state index contributed by atoms with van der Waals surface area (Å²) in [5.74, 6) is 0. The molecule has 1 nitrogen and oxygen atoms in total. The zero-order chi connectivity index (χ0) is 9.73. The quantitative estimate of drug-likeness (QED) is 0.704. The summed E-state index contributed by atoms with van der Waals surface area (Å²) < 4.78 is 0. The predicted octanol–water partition coefficient (Wildman–Crippen LogP) is 3.22. The van der Waals surface area contributed by atoms with E-state index in [0.717, 1.165) is 5.56 Å². The molecule has 1 aromatic rings. The first-order valence-corrected chi connectivity index (χ1v) is 4.41. The van der Waals surface area contributed by atoms with Crippen LogP contribution in [0.2, 0.25) is 0 Å². The van der Waals surface area contributed by atoms with Gasteiger partial charge in [-0.05, 0) is 18.6 Å². The van der Waals surface area contributed by atoms with Crippen molar-refractivity contribution in [2.45, 2.75) is 12.3 Å². The third-order valence-electron chi connectivity index (χ3n) is 2.00. The SMILES string of the molecule is CC(C#N)(/C=C/Cl)c1ccccc1. The lowest BCUT2D eigenvalue weighted by Crippen LogP contribution is -2.15. The number of hydrogen-bond acceptors (Lipinski definition) is 1. The van der Waals surface area contributed by atoms with Crippen LogP contribution in [0.1, 0.15) is 12.5 Å². The van der Waals surface area contributed by atoms with Crippen molar-refractivity contribution < 1.29 is 0 Å². The summed E-state index contributed by atoms with van der Waals surface area (Å²) in [6, 6.07) is 11.8. The van der Waals surface area contributed by atoms with Crippen LogP contribution in [0, 0.1) is 11.3 Å². The van der Waals surface area contributed by atoms with Gasteiger partial charge in [-0.25, -0.2) is 0 Å². The van der Waals surface area contributed by atoms with Gasteiger partial charge < -0.3 is 0 Å². The summed E-state index contributed by atoms with van der Waals surface area (Å²) in [6.07, 6.45) is 1.68. The average Bonchev–Trinajstić information content (AvgIpc) is 2.19. The molecule has 0 saturated carbocycles. The number of benzene rings is 1. The van der Waals surface area contributed by atoms with Crippen LogP contribution >= 0.6 is 11.6 Å². The molecule has 0 saturated heterocycles. The van der Waals surface area contributed by atoms with E-state index in [1.807, 2.05) is 37.3 Å². The second-order valence-electron chi connectivity index (χ2n) is 2.97. The molecular weight excluding hydrogens is 182 g/mol. The maximum atomic E-state index is 9.01. The molecule has 1 atom stereocenters. The van der Waals surface area contributed by atoms with E-state index in [4.69, 9.17) is 16.9 Å². The van der Waals surface area contributed by atoms with Crippen molar-refractivity contribution in [2.75, 3.05) is 0 Å². The van der Waals surface area contributed by atoms with Gasteiger partial charge in [0.15, 0.2) is 0 Å². The van der Waals surface area contributed by atoms with Crippen LogP contribution in [0.15, 0.2) is 41.9 Å². The molecule has 2 heteroatoms. The zero-order valence-corrected chi connectivity index (χ0v) is 8.12. The first kappa shape index (κ1) is 9.83. The highest BCUT2D eigenvalue weighted by Gasteiger charge is 2.21. The molecule has 0 amide bonds. The van der Waals surface area contributed by atoms with Crippen LogP contribution < -0.4 is 0 Å². The van der Waals surface area contributed by atoms with E-state index in [-0.39, 0.29) is 0 Å². The second kappa shape index (κ2) is 4.11. The lowest BCUT2D eigenvalue weighted by Gasteiger charge is -2.16. The molecule has 1 unspecified atom stereocenters. The minimum atomic E-state index is -0.622. The monoisotopic (exact) mass is 191 g/mol. The molecule has 0 aromatic heterocycles. The molecule has 1 aromatic carbocycles. The van der Waals surface area contributed by atoms with Crippen LogP contribution in [0.3, 0.4) is 0 Å². The molecule has 0 N–H and O–H groups in total. The number of rotatable bonds is 2. The van der Waals surface area contributed by atoms with Crippen LogP contribution in [0.5, 0.6) is 0 Å². The molecule has 0 radical (unpaired) electrons. The molecule has 0 aliphatic carbocycles. The highest BCUT2D eigenvalue weighted by molar-refractivity contribution is 6.25. The second-order valence-corrected chi connectivity index (χ2v) is 3.22. The third kappa shape index (κ3) is 2.11. The minimum absolute atomic E-state index is 0.622. The maximum absolute atomic E-state index is 9.01. The average molecular weight is 192 g/mol. The largest absolute Gasteiger partial charge is 0.197 e. The summed E-state index contributed by atoms with van der Waals surface area (Å²) in [6.45, 7) is 1.83.